The largest absolute Gasteiger partial charge is 0.454 e. The van der Waals surface area contributed by atoms with E-state index in [9.17, 15) is 5.11 Å². The molecule has 1 aromatic rings. The first-order valence-corrected chi connectivity index (χ1v) is 10.1. The van der Waals surface area contributed by atoms with Crippen molar-refractivity contribution in [1.29, 1.82) is 0 Å². The monoisotopic (exact) mass is 504 g/mol. The molecule has 0 radical (unpaired) electrons. The molecule has 8 heteroatoms. The van der Waals surface area contributed by atoms with Crippen molar-refractivity contribution in [3.63, 3.8) is 0 Å². The molecule has 1 fully saturated rings. The molecule has 2 heterocycles. The van der Waals surface area contributed by atoms with E-state index in [1.807, 2.05) is 12.1 Å². The number of hydrogen-bond acceptors (Lipinski definition) is 5. The fourth-order valence-electron chi connectivity index (χ4n) is 3.39. The predicted molar refractivity (Wildman–Crippen MR) is 122 cm³/mol. The van der Waals surface area contributed by atoms with Gasteiger partial charge in [-0.3, -0.25) is 4.99 Å². The zero-order valence-electron chi connectivity index (χ0n) is 16.7. The molecular formula is C20H33IN4O3. The van der Waals surface area contributed by atoms with E-state index in [1.54, 1.807) is 0 Å². The van der Waals surface area contributed by atoms with Gasteiger partial charge in [0.15, 0.2) is 17.5 Å². The number of rotatable bonds is 8. The van der Waals surface area contributed by atoms with E-state index in [1.165, 1.54) is 5.56 Å². The van der Waals surface area contributed by atoms with Crippen LogP contribution < -0.4 is 20.1 Å². The van der Waals surface area contributed by atoms with Crippen LogP contribution in [-0.2, 0) is 6.42 Å². The minimum Gasteiger partial charge on any atom is -0.454 e. The second-order valence-corrected chi connectivity index (χ2v) is 7.05. The summed E-state index contributed by atoms with van der Waals surface area (Å²) in [5.74, 6) is 2.52. The van der Waals surface area contributed by atoms with E-state index in [0.717, 1.165) is 82.4 Å². The Labute approximate surface area is 184 Å². The molecule has 28 heavy (non-hydrogen) atoms. The van der Waals surface area contributed by atoms with Gasteiger partial charge in [-0.1, -0.05) is 6.07 Å². The highest BCUT2D eigenvalue weighted by atomic mass is 127. The third-order valence-corrected chi connectivity index (χ3v) is 4.95. The van der Waals surface area contributed by atoms with Crippen LogP contribution in [0.2, 0.25) is 0 Å². The van der Waals surface area contributed by atoms with Crippen molar-refractivity contribution in [3.05, 3.63) is 23.8 Å². The number of halogens is 1. The maximum Gasteiger partial charge on any atom is 0.231 e. The average molecular weight is 504 g/mol. The van der Waals surface area contributed by atoms with Crippen LogP contribution in [0.25, 0.3) is 0 Å². The van der Waals surface area contributed by atoms with Gasteiger partial charge in [-0.05, 0) is 56.8 Å². The lowest BCUT2D eigenvalue weighted by Crippen LogP contribution is -2.39. The first-order valence-electron chi connectivity index (χ1n) is 10.1. The highest BCUT2D eigenvalue weighted by molar-refractivity contribution is 14.0. The molecule has 0 amide bonds. The van der Waals surface area contributed by atoms with Crippen molar-refractivity contribution in [2.45, 2.75) is 38.7 Å². The number of fused-ring (bicyclic) bond motifs is 1. The normalized spacial score (nSPS) is 17.3. The van der Waals surface area contributed by atoms with Crippen LogP contribution in [0.4, 0.5) is 0 Å². The SMILES string of the molecule is CCNC(=NCCCN1CCC(O)CC1)NCCc1ccc2c(c1)OCO2.I. The van der Waals surface area contributed by atoms with Gasteiger partial charge in [-0.25, -0.2) is 0 Å². The van der Waals surface area contributed by atoms with Crippen molar-refractivity contribution in [2.75, 3.05) is 46.1 Å². The van der Waals surface area contributed by atoms with Crippen molar-refractivity contribution < 1.29 is 14.6 Å². The Morgan fingerprint density at radius 2 is 2.00 bits per heavy atom. The molecular weight excluding hydrogens is 471 g/mol. The molecule has 3 rings (SSSR count). The topological polar surface area (TPSA) is 78.4 Å². The van der Waals surface area contributed by atoms with Crippen LogP contribution in [-0.4, -0.2) is 68.1 Å². The number of benzene rings is 1. The van der Waals surface area contributed by atoms with E-state index < -0.39 is 0 Å². The second-order valence-electron chi connectivity index (χ2n) is 7.05. The third kappa shape index (κ3) is 7.29. The number of aliphatic hydroxyl groups is 1. The maximum absolute atomic E-state index is 9.56. The smallest absolute Gasteiger partial charge is 0.231 e. The summed E-state index contributed by atoms with van der Waals surface area (Å²) in [6.45, 7) is 7.90. The molecule has 7 nitrogen and oxygen atoms in total. The zero-order valence-corrected chi connectivity index (χ0v) is 19.0. The number of nitrogens with zero attached hydrogens (tertiary/aromatic N) is 2. The first kappa shape index (κ1) is 23.0. The predicted octanol–water partition coefficient (Wildman–Crippen LogP) is 1.98. The zero-order chi connectivity index (χ0) is 18.9. The summed E-state index contributed by atoms with van der Waals surface area (Å²) in [5, 5.41) is 16.3. The summed E-state index contributed by atoms with van der Waals surface area (Å²) >= 11 is 0. The minimum atomic E-state index is -0.103. The van der Waals surface area contributed by atoms with E-state index in [2.05, 4.69) is 33.5 Å². The van der Waals surface area contributed by atoms with E-state index in [0.29, 0.717) is 6.79 Å². The Hall–Kier alpha value is -1.26. The van der Waals surface area contributed by atoms with Crippen LogP contribution in [0.3, 0.4) is 0 Å². The minimum absolute atomic E-state index is 0. The van der Waals surface area contributed by atoms with Crippen LogP contribution in [0.5, 0.6) is 11.5 Å². The highest BCUT2D eigenvalue weighted by Gasteiger charge is 2.16. The molecule has 0 bridgehead atoms. The number of guanidine groups is 1. The Kier molecular flexibility index (Phi) is 10.1. The molecule has 0 spiro atoms. The Morgan fingerprint density at radius 3 is 2.79 bits per heavy atom. The summed E-state index contributed by atoms with van der Waals surface area (Å²) in [5.41, 5.74) is 1.22. The number of likely N-dealkylation sites (tertiary alicyclic amines) is 1. The first-order chi connectivity index (χ1) is 13.2. The lowest BCUT2D eigenvalue weighted by molar-refractivity contribution is 0.0824. The number of hydrogen-bond donors (Lipinski definition) is 3. The van der Waals surface area contributed by atoms with Crippen LogP contribution in [0, 0.1) is 0 Å². The Bertz CT molecular complexity index is 621. The van der Waals surface area contributed by atoms with E-state index in [4.69, 9.17) is 9.47 Å². The molecule has 0 atom stereocenters. The standard InChI is InChI=1S/C20H32N4O3.HI/c1-2-21-20(22-9-3-11-24-12-7-17(25)8-13-24)23-10-6-16-4-5-18-19(14-16)27-15-26-18;/h4-5,14,17,25H,2-3,6-13,15H2,1H3,(H2,21,22,23);1H. The van der Waals surface area contributed by atoms with Gasteiger partial charge in [0.1, 0.15) is 0 Å². The van der Waals surface area contributed by atoms with Gasteiger partial charge >= 0.3 is 0 Å². The Morgan fingerprint density at radius 1 is 1.21 bits per heavy atom. The quantitative estimate of drug-likeness (QED) is 0.218. The maximum atomic E-state index is 9.56. The van der Waals surface area contributed by atoms with Crippen LogP contribution in [0.15, 0.2) is 23.2 Å². The molecule has 2 aliphatic heterocycles. The second kappa shape index (κ2) is 12.3. The highest BCUT2D eigenvalue weighted by Crippen LogP contribution is 2.32. The molecule has 0 saturated carbocycles. The van der Waals surface area contributed by atoms with Crippen LogP contribution in [0.1, 0.15) is 31.7 Å². The number of aliphatic imine (C=N–C) groups is 1. The molecule has 0 aromatic heterocycles. The summed E-state index contributed by atoms with van der Waals surface area (Å²) in [6, 6.07) is 6.09. The van der Waals surface area contributed by atoms with Gasteiger partial charge in [0.05, 0.1) is 6.10 Å². The summed E-state index contributed by atoms with van der Waals surface area (Å²) in [6.07, 6.45) is 3.63. The molecule has 1 saturated heterocycles. The van der Waals surface area contributed by atoms with Gasteiger partial charge in [0, 0.05) is 32.7 Å². The fourth-order valence-corrected chi connectivity index (χ4v) is 3.39. The van der Waals surface area contributed by atoms with E-state index >= 15 is 0 Å². The summed E-state index contributed by atoms with van der Waals surface area (Å²) < 4.78 is 10.8. The summed E-state index contributed by atoms with van der Waals surface area (Å²) in [4.78, 5) is 7.09. The van der Waals surface area contributed by atoms with Gasteiger partial charge in [0.2, 0.25) is 6.79 Å². The Balaban J connectivity index is 0.00000280. The molecule has 1 aromatic carbocycles. The average Bonchev–Trinajstić information content (AvgIpc) is 3.14. The lowest BCUT2D eigenvalue weighted by Gasteiger charge is -2.29. The fraction of sp³-hybridized carbons (Fsp3) is 0.650. The molecule has 3 N–H and O–H groups in total. The van der Waals surface area contributed by atoms with Crippen molar-refractivity contribution >= 4 is 29.9 Å². The summed E-state index contributed by atoms with van der Waals surface area (Å²) in [7, 11) is 0. The molecule has 0 aliphatic carbocycles. The van der Waals surface area contributed by atoms with Crippen LogP contribution >= 0.6 is 24.0 Å². The molecule has 0 unspecified atom stereocenters. The van der Waals surface area contributed by atoms with Gasteiger partial charge in [-0.15, -0.1) is 24.0 Å². The number of ether oxygens (including phenoxy) is 2. The van der Waals surface area contributed by atoms with Crippen molar-refractivity contribution in [3.8, 4) is 11.5 Å². The van der Waals surface area contributed by atoms with Gasteiger partial charge in [-0.2, -0.15) is 0 Å². The molecule has 158 valence electrons. The van der Waals surface area contributed by atoms with Crippen molar-refractivity contribution in [2.24, 2.45) is 4.99 Å². The lowest BCUT2D eigenvalue weighted by atomic mass is 10.1. The van der Waals surface area contributed by atoms with E-state index in [-0.39, 0.29) is 30.1 Å². The van der Waals surface area contributed by atoms with Gasteiger partial charge in [0.25, 0.3) is 0 Å². The third-order valence-electron chi connectivity index (χ3n) is 4.95. The van der Waals surface area contributed by atoms with Crippen molar-refractivity contribution in [1.82, 2.24) is 15.5 Å². The number of aliphatic hydroxyl groups excluding tert-OH is 1. The number of piperidine rings is 1. The molecule has 2 aliphatic rings. The number of nitrogens with one attached hydrogen (secondary N) is 2. The van der Waals surface area contributed by atoms with Gasteiger partial charge < -0.3 is 30.1 Å².